The van der Waals surface area contributed by atoms with Crippen molar-refractivity contribution in [2.24, 2.45) is 0 Å². The molecule has 0 bridgehead atoms. The third-order valence-corrected chi connectivity index (χ3v) is 4.30. The number of fused-ring (bicyclic) bond motifs is 1. The number of H-pyrrole nitrogens is 1. The van der Waals surface area contributed by atoms with Crippen molar-refractivity contribution in [3.05, 3.63) is 36.0 Å². The third kappa shape index (κ3) is 2.59. The zero-order chi connectivity index (χ0) is 17.6. The molecule has 1 aliphatic heterocycles. The van der Waals surface area contributed by atoms with Crippen molar-refractivity contribution >= 4 is 5.91 Å². The van der Waals surface area contributed by atoms with E-state index in [1.807, 2.05) is 6.92 Å². The summed E-state index contributed by atoms with van der Waals surface area (Å²) in [6.45, 7) is 3.80. The molecule has 25 heavy (non-hydrogen) atoms. The summed E-state index contributed by atoms with van der Waals surface area (Å²) in [6.07, 6.45) is 3.91. The fourth-order valence-corrected chi connectivity index (χ4v) is 2.94. The van der Waals surface area contributed by atoms with E-state index in [0.717, 1.165) is 16.1 Å². The Bertz CT molecular complexity index is 913. The lowest BCUT2D eigenvalue weighted by atomic mass is 10.0. The summed E-state index contributed by atoms with van der Waals surface area (Å²) in [5.74, 6) is -0.339. The molecule has 1 amide bonds. The van der Waals surface area contributed by atoms with Gasteiger partial charge in [0.05, 0.1) is 29.8 Å². The Kier molecular flexibility index (Phi) is 3.59. The van der Waals surface area contributed by atoms with Gasteiger partial charge in [-0.25, -0.2) is 14.1 Å². The third-order valence-electron chi connectivity index (χ3n) is 4.30. The van der Waals surface area contributed by atoms with Gasteiger partial charge in [0, 0.05) is 24.9 Å². The fraction of sp³-hybridized carbons (Fsp3) is 0.400. The number of hydrogen-bond acceptors (Lipinski definition) is 6. The minimum Gasteiger partial charge on any atom is -0.412 e. The average Bonchev–Trinajstić information content (AvgIpc) is 3.33. The quantitative estimate of drug-likeness (QED) is 0.777. The highest BCUT2D eigenvalue weighted by Crippen LogP contribution is 2.28. The fourth-order valence-electron chi connectivity index (χ4n) is 2.94. The largest absolute Gasteiger partial charge is 0.412 e. The Balaban J connectivity index is 1.56. The van der Waals surface area contributed by atoms with E-state index >= 15 is 0 Å². The Labute approximate surface area is 141 Å². The molecule has 0 aromatic carbocycles. The Morgan fingerprint density at radius 1 is 1.48 bits per heavy atom. The highest BCUT2D eigenvalue weighted by Gasteiger charge is 2.32. The minimum absolute atomic E-state index is 0.109. The lowest BCUT2D eigenvalue weighted by Crippen LogP contribution is -2.39. The molecule has 130 valence electrons. The minimum atomic E-state index is -1.27. The number of carbonyl (C=O) groups excluding carboxylic acids is 1. The topological polar surface area (TPSA) is 106 Å². The van der Waals surface area contributed by atoms with Gasteiger partial charge in [-0.3, -0.25) is 4.79 Å². The van der Waals surface area contributed by atoms with Gasteiger partial charge in [-0.1, -0.05) is 0 Å². The van der Waals surface area contributed by atoms with Crippen LogP contribution in [0, 0.1) is 0 Å². The molecule has 4 heterocycles. The SMILES string of the molecule is CC(F)n1cc(-c2nnc(C(=O)N3CCc4[nH]cnc4[C@H]3C)o2)cn1. The predicted molar refractivity (Wildman–Crippen MR) is 83.1 cm³/mol. The molecule has 9 nitrogen and oxygen atoms in total. The molecule has 0 fully saturated rings. The molecule has 3 aromatic rings. The number of imidazole rings is 1. The maximum atomic E-state index is 13.2. The Morgan fingerprint density at radius 2 is 2.32 bits per heavy atom. The van der Waals surface area contributed by atoms with Gasteiger partial charge in [-0.05, 0) is 13.8 Å². The predicted octanol–water partition coefficient (Wildman–Crippen LogP) is 1.90. The van der Waals surface area contributed by atoms with Crippen LogP contribution in [0.25, 0.3) is 11.5 Å². The first-order valence-electron chi connectivity index (χ1n) is 7.90. The molecule has 0 saturated carbocycles. The van der Waals surface area contributed by atoms with Crippen LogP contribution in [0.4, 0.5) is 4.39 Å². The summed E-state index contributed by atoms with van der Waals surface area (Å²) >= 11 is 0. The van der Waals surface area contributed by atoms with Gasteiger partial charge >= 0.3 is 11.8 Å². The van der Waals surface area contributed by atoms with E-state index in [1.165, 1.54) is 19.3 Å². The van der Waals surface area contributed by atoms with E-state index in [-0.39, 0.29) is 23.7 Å². The van der Waals surface area contributed by atoms with Crippen molar-refractivity contribution in [3.8, 4) is 11.5 Å². The van der Waals surface area contributed by atoms with Gasteiger partial charge in [-0.15, -0.1) is 10.2 Å². The summed E-state index contributed by atoms with van der Waals surface area (Å²) in [7, 11) is 0. The number of rotatable bonds is 3. The zero-order valence-electron chi connectivity index (χ0n) is 13.7. The van der Waals surface area contributed by atoms with Gasteiger partial charge in [0.15, 0.2) is 6.30 Å². The lowest BCUT2D eigenvalue weighted by Gasteiger charge is -2.31. The second-order valence-electron chi connectivity index (χ2n) is 5.89. The van der Waals surface area contributed by atoms with E-state index in [0.29, 0.717) is 18.5 Å². The van der Waals surface area contributed by atoms with Crippen molar-refractivity contribution in [3.63, 3.8) is 0 Å². The highest BCUT2D eigenvalue weighted by atomic mass is 19.1. The number of hydrogen-bond donors (Lipinski definition) is 1. The molecule has 4 rings (SSSR count). The van der Waals surface area contributed by atoms with E-state index in [4.69, 9.17) is 4.42 Å². The van der Waals surface area contributed by atoms with Crippen LogP contribution in [0.2, 0.25) is 0 Å². The van der Waals surface area contributed by atoms with Gasteiger partial charge in [-0.2, -0.15) is 5.10 Å². The molecular formula is C15H16FN7O2. The van der Waals surface area contributed by atoms with Crippen LogP contribution in [-0.2, 0) is 6.42 Å². The first-order chi connectivity index (χ1) is 12.0. The molecule has 0 aliphatic carbocycles. The van der Waals surface area contributed by atoms with Gasteiger partial charge in [0.25, 0.3) is 5.89 Å². The number of amides is 1. The van der Waals surface area contributed by atoms with Crippen LogP contribution in [0.3, 0.4) is 0 Å². The van der Waals surface area contributed by atoms with Crippen molar-refractivity contribution in [1.82, 2.24) is 34.8 Å². The van der Waals surface area contributed by atoms with Crippen LogP contribution in [-0.4, -0.2) is 47.3 Å². The van der Waals surface area contributed by atoms with E-state index in [9.17, 15) is 9.18 Å². The highest BCUT2D eigenvalue weighted by molar-refractivity contribution is 5.90. The summed E-state index contributed by atoms with van der Waals surface area (Å²) < 4.78 is 19.9. The van der Waals surface area contributed by atoms with Crippen LogP contribution < -0.4 is 0 Å². The van der Waals surface area contributed by atoms with Crippen LogP contribution in [0.5, 0.6) is 0 Å². The summed E-state index contributed by atoms with van der Waals surface area (Å²) in [5.41, 5.74) is 2.34. The van der Waals surface area contributed by atoms with Crippen molar-refractivity contribution in [2.45, 2.75) is 32.6 Å². The number of aromatic amines is 1. The first kappa shape index (κ1) is 15.5. The number of aromatic nitrogens is 6. The Hall–Kier alpha value is -3.04. The first-order valence-corrected chi connectivity index (χ1v) is 7.90. The van der Waals surface area contributed by atoms with Crippen LogP contribution in [0.15, 0.2) is 23.1 Å². The number of nitrogens with zero attached hydrogens (tertiary/aromatic N) is 6. The van der Waals surface area contributed by atoms with E-state index in [1.54, 1.807) is 11.2 Å². The molecule has 1 aliphatic rings. The Morgan fingerprint density at radius 3 is 3.08 bits per heavy atom. The normalized spacial score (nSPS) is 18.2. The number of halogens is 1. The van der Waals surface area contributed by atoms with Crippen molar-refractivity contribution in [2.75, 3.05) is 6.54 Å². The molecule has 2 atom stereocenters. The average molecular weight is 345 g/mol. The van der Waals surface area contributed by atoms with Gasteiger partial charge < -0.3 is 14.3 Å². The second-order valence-corrected chi connectivity index (χ2v) is 5.89. The number of carbonyl (C=O) groups is 1. The monoisotopic (exact) mass is 345 g/mol. The zero-order valence-corrected chi connectivity index (χ0v) is 13.7. The summed E-state index contributed by atoms with van der Waals surface area (Å²) in [6, 6.07) is -0.187. The lowest BCUT2D eigenvalue weighted by molar-refractivity contribution is 0.0632. The van der Waals surface area contributed by atoms with Crippen LogP contribution >= 0.6 is 0 Å². The van der Waals surface area contributed by atoms with Gasteiger partial charge in [0.2, 0.25) is 0 Å². The molecule has 0 spiro atoms. The molecular weight excluding hydrogens is 329 g/mol. The molecule has 1 unspecified atom stereocenters. The summed E-state index contributed by atoms with van der Waals surface area (Å²) in [5, 5.41) is 11.6. The van der Waals surface area contributed by atoms with Crippen molar-refractivity contribution < 1.29 is 13.6 Å². The second kappa shape index (κ2) is 5.80. The molecule has 1 N–H and O–H groups in total. The molecule has 0 radical (unpaired) electrons. The summed E-state index contributed by atoms with van der Waals surface area (Å²) in [4.78, 5) is 21.7. The molecule has 10 heteroatoms. The van der Waals surface area contributed by atoms with Gasteiger partial charge in [0.1, 0.15) is 0 Å². The smallest absolute Gasteiger partial charge is 0.311 e. The van der Waals surface area contributed by atoms with E-state index < -0.39 is 6.30 Å². The molecule has 0 saturated heterocycles. The van der Waals surface area contributed by atoms with E-state index in [2.05, 4.69) is 25.3 Å². The standard InChI is InChI=1S/C15H16FN7O2/c1-8-12-11(17-7-18-12)3-4-22(8)15(24)14-21-20-13(25-14)10-5-19-23(6-10)9(2)16/h5-9H,3-4H2,1-2H3,(H,17,18)/t8-,9?/m1/s1. The van der Waals surface area contributed by atoms with Crippen molar-refractivity contribution in [1.29, 1.82) is 0 Å². The maximum absolute atomic E-state index is 13.2. The number of nitrogens with one attached hydrogen (secondary N) is 1. The number of alkyl halides is 1. The van der Waals surface area contributed by atoms with Crippen LogP contribution in [0.1, 0.15) is 48.3 Å². The maximum Gasteiger partial charge on any atom is 0.311 e. The molecule has 3 aromatic heterocycles.